The summed E-state index contributed by atoms with van der Waals surface area (Å²) in [5.41, 5.74) is 0. The third-order valence-electron chi connectivity index (χ3n) is 1.10. The topological polar surface area (TPSA) is 26.3 Å². The fourth-order valence-electron chi connectivity index (χ4n) is 0.617. The van der Waals surface area contributed by atoms with Gasteiger partial charge in [-0.3, -0.25) is 4.79 Å². The minimum absolute atomic E-state index is 0.0376. The molecule has 0 aromatic carbocycles. The van der Waals surface area contributed by atoms with Gasteiger partial charge in [0.2, 0.25) is 0 Å². The van der Waals surface area contributed by atoms with Crippen LogP contribution < -0.4 is 0 Å². The van der Waals surface area contributed by atoms with E-state index in [2.05, 4.69) is 0 Å². The molecule has 9 heavy (non-hydrogen) atoms. The van der Waals surface area contributed by atoms with Crippen LogP contribution in [0.25, 0.3) is 0 Å². The lowest BCUT2D eigenvalue weighted by molar-refractivity contribution is -0.123. The molecule has 0 saturated carbocycles. The van der Waals surface area contributed by atoms with Gasteiger partial charge in [-0.2, -0.15) is 0 Å². The van der Waals surface area contributed by atoms with E-state index in [0.717, 1.165) is 0 Å². The summed E-state index contributed by atoms with van der Waals surface area (Å²) in [7, 11) is 0. The molecule has 0 amide bonds. The van der Waals surface area contributed by atoms with Crippen LogP contribution in [0.4, 0.5) is 0 Å². The fraction of sp³-hybridized carbons (Fsp3) is 0.286. The second kappa shape index (κ2) is 2.49. The van der Waals surface area contributed by atoms with Crippen molar-refractivity contribution in [3.05, 3.63) is 24.5 Å². The molecule has 2 nitrogen and oxygen atoms in total. The summed E-state index contributed by atoms with van der Waals surface area (Å²) < 4.78 is 4.92. The van der Waals surface area contributed by atoms with Crippen molar-refractivity contribution in [2.75, 3.05) is 0 Å². The number of carbonyl (C=O) groups excluding carboxylic acids is 1. The zero-order valence-electron chi connectivity index (χ0n) is 5.20. The number of ketones is 1. The number of Topliss-reactive ketones (excluding diaryl/α,β-unsaturated/α-hetero) is 1. The van der Waals surface area contributed by atoms with Gasteiger partial charge in [0.1, 0.15) is 0 Å². The zero-order chi connectivity index (χ0) is 6.69. The van der Waals surface area contributed by atoms with Crippen molar-refractivity contribution in [1.82, 2.24) is 0 Å². The summed E-state index contributed by atoms with van der Waals surface area (Å²) in [6.45, 7) is 1.51. The minimum atomic E-state index is -0.352. The number of rotatable bonds is 1. The van der Waals surface area contributed by atoms with E-state index >= 15 is 0 Å². The van der Waals surface area contributed by atoms with Crippen molar-refractivity contribution < 1.29 is 9.53 Å². The maximum absolute atomic E-state index is 10.6. The lowest BCUT2D eigenvalue weighted by atomic mass is 10.2. The van der Waals surface area contributed by atoms with Crippen LogP contribution in [-0.4, -0.2) is 11.9 Å². The van der Waals surface area contributed by atoms with Crippen LogP contribution in [0.3, 0.4) is 0 Å². The molecule has 0 saturated heterocycles. The van der Waals surface area contributed by atoms with E-state index in [4.69, 9.17) is 4.74 Å². The first kappa shape index (κ1) is 6.08. The highest BCUT2D eigenvalue weighted by molar-refractivity contribution is 5.82. The van der Waals surface area contributed by atoms with Crippen LogP contribution in [0.2, 0.25) is 0 Å². The molecule has 1 aliphatic rings. The SMILES string of the molecule is CC(=O)C1C=CC=CO1. The molecule has 0 aromatic rings. The second-order valence-electron chi connectivity index (χ2n) is 1.88. The van der Waals surface area contributed by atoms with Crippen molar-refractivity contribution in [2.24, 2.45) is 0 Å². The Bertz CT molecular complexity index is 168. The molecule has 0 aromatic heterocycles. The molecular weight excluding hydrogens is 116 g/mol. The molecule has 0 bridgehead atoms. The van der Waals surface area contributed by atoms with Crippen LogP contribution in [-0.2, 0) is 9.53 Å². The normalized spacial score (nSPS) is 23.4. The van der Waals surface area contributed by atoms with Crippen molar-refractivity contribution in [2.45, 2.75) is 13.0 Å². The maximum atomic E-state index is 10.6. The second-order valence-corrected chi connectivity index (χ2v) is 1.88. The van der Waals surface area contributed by atoms with Crippen molar-refractivity contribution in [3.63, 3.8) is 0 Å². The van der Waals surface area contributed by atoms with Gasteiger partial charge in [-0.1, -0.05) is 6.08 Å². The Morgan fingerprint density at radius 1 is 1.56 bits per heavy atom. The zero-order valence-corrected chi connectivity index (χ0v) is 5.20. The molecule has 1 aliphatic heterocycles. The fourth-order valence-corrected chi connectivity index (χ4v) is 0.617. The average Bonchev–Trinajstić information content (AvgIpc) is 1.90. The van der Waals surface area contributed by atoms with Crippen LogP contribution in [0, 0.1) is 0 Å². The summed E-state index contributed by atoms with van der Waals surface area (Å²) in [5, 5.41) is 0. The first-order valence-electron chi connectivity index (χ1n) is 2.80. The maximum Gasteiger partial charge on any atom is 0.174 e. The predicted molar refractivity (Wildman–Crippen MR) is 33.8 cm³/mol. The average molecular weight is 124 g/mol. The highest BCUT2D eigenvalue weighted by Crippen LogP contribution is 2.01. The number of hydrogen-bond acceptors (Lipinski definition) is 2. The van der Waals surface area contributed by atoms with Crippen LogP contribution in [0.5, 0.6) is 0 Å². The molecular formula is C7H8O2. The molecule has 2 heteroatoms. The van der Waals surface area contributed by atoms with Crippen LogP contribution in [0.1, 0.15) is 6.92 Å². The van der Waals surface area contributed by atoms with Gasteiger partial charge in [0.05, 0.1) is 6.26 Å². The molecule has 1 unspecified atom stereocenters. The summed E-state index contributed by atoms with van der Waals surface area (Å²) >= 11 is 0. The highest BCUT2D eigenvalue weighted by Gasteiger charge is 2.09. The largest absolute Gasteiger partial charge is 0.486 e. The standard InChI is InChI=1S/C7H8O2/c1-6(8)7-4-2-3-5-9-7/h2-5,7H,1H3. The van der Waals surface area contributed by atoms with Crippen LogP contribution >= 0.6 is 0 Å². The lowest BCUT2D eigenvalue weighted by Crippen LogP contribution is -2.17. The van der Waals surface area contributed by atoms with Gasteiger partial charge in [-0.25, -0.2) is 0 Å². The molecule has 1 atom stereocenters. The Morgan fingerprint density at radius 2 is 2.33 bits per heavy atom. The van der Waals surface area contributed by atoms with Gasteiger partial charge in [-0.05, 0) is 19.1 Å². The van der Waals surface area contributed by atoms with Gasteiger partial charge >= 0.3 is 0 Å². The quantitative estimate of drug-likeness (QED) is 0.522. The Labute approximate surface area is 53.8 Å². The van der Waals surface area contributed by atoms with Gasteiger partial charge in [0.15, 0.2) is 11.9 Å². The highest BCUT2D eigenvalue weighted by atomic mass is 16.5. The summed E-state index contributed by atoms with van der Waals surface area (Å²) in [6, 6.07) is 0. The summed E-state index contributed by atoms with van der Waals surface area (Å²) in [5.74, 6) is 0.0376. The third kappa shape index (κ3) is 1.42. The molecule has 0 spiro atoms. The molecule has 0 aliphatic carbocycles. The lowest BCUT2D eigenvalue weighted by Gasteiger charge is -2.09. The molecule has 48 valence electrons. The van der Waals surface area contributed by atoms with Gasteiger partial charge < -0.3 is 4.74 Å². The Hall–Kier alpha value is -1.05. The van der Waals surface area contributed by atoms with Crippen molar-refractivity contribution in [1.29, 1.82) is 0 Å². The minimum Gasteiger partial charge on any atom is -0.486 e. The summed E-state index contributed by atoms with van der Waals surface area (Å²) in [4.78, 5) is 10.6. The monoisotopic (exact) mass is 124 g/mol. The summed E-state index contributed by atoms with van der Waals surface area (Å²) in [6.07, 6.45) is 6.44. The van der Waals surface area contributed by atoms with Gasteiger partial charge in [0.25, 0.3) is 0 Å². The van der Waals surface area contributed by atoms with E-state index in [-0.39, 0.29) is 11.9 Å². The molecule has 1 heterocycles. The number of hydrogen-bond donors (Lipinski definition) is 0. The van der Waals surface area contributed by atoms with E-state index in [0.29, 0.717) is 0 Å². The third-order valence-corrected chi connectivity index (χ3v) is 1.10. The smallest absolute Gasteiger partial charge is 0.174 e. The van der Waals surface area contributed by atoms with Crippen molar-refractivity contribution in [3.8, 4) is 0 Å². The molecule has 0 radical (unpaired) electrons. The van der Waals surface area contributed by atoms with Crippen molar-refractivity contribution >= 4 is 5.78 Å². The first-order valence-corrected chi connectivity index (χ1v) is 2.80. The molecule has 0 N–H and O–H groups in total. The van der Waals surface area contributed by atoms with Gasteiger partial charge in [0, 0.05) is 0 Å². The van der Waals surface area contributed by atoms with E-state index in [9.17, 15) is 4.79 Å². The molecule has 1 rings (SSSR count). The Morgan fingerprint density at radius 3 is 2.67 bits per heavy atom. The van der Waals surface area contributed by atoms with E-state index in [1.165, 1.54) is 13.2 Å². The Balaban J connectivity index is 2.56. The number of ether oxygens (including phenoxy) is 1. The van der Waals surface area contributed by atoms with Crippen LogP contribution in [0.15, 0.2) is 24.5 Å². The van der Waals surface area contributed by atoms with E-state index < -0.39 is 0 Å². The Kier molecular flexibility index (Phi) is 1.68. The first-order chi connectivity index (χ1) is 4.30. The predicted octanol–water partition coefficient (Wildman–Crippen LogP) is 1.04. The van der Waals surface area contributed by atoms with Gasteiger partial charge in [-0.15, -0.1) is 0 Å². The van der Waals surface area contributed by atoms with E-state index in [1.807, 2.05) is 0 Å². The number of allylic oxidation sites excluding steroid dienone is 2. The molecule has 0 fully saturated rings. The van der Waals surface area contributed by atoms with E-state index in [1.54, 1.807) is 18.2 Å². The number of carbonyl (C=O) groups is 1.